The summed E-state index contributed by atoms with van der Waals surface area (Å²) in [5, 5.41) is 0. The summed E-state index contributed by atoms with van der Waals surface area (Å²) in [5.74, 6) is -1.95. The third kappa shape index (κ3) is 3.38. The Labute approximate surface area is 143 Å². The van der Waals surface area contributed by atoms with Gasteiger partial charge in [0.2, 0.25) is 5.91 Å². The normalized spacial score (nSPS) is 13.5. The van der Waals surface area contributed by atoms with E-state index in [2.05, 4.69) is 9.97 Å². The van der Waals surface area contributed by atoms with E-state index in [1.807, 2.05) is 0 Å². The third-order valence-corrected chi connectivity index (χ3v) is 4.29. The maximum atomic E-state index is 13.9. The molecule has 0 radical (unpaired) electrons. The van der Waals surface area contributed by atoms with E-state index in [0.29, 0.717) is 0 Å². The standard InChI is InChI=1S/C17H16ClF2N3O/c18-8-17(24)23(10-11-12(19)4-3-5-13(11)20)16-9-21-14-6-1-2-7-15(14)22-16/h3-5,9H,1-2,6-8,10H2. The van der Waals surface area contributed by atoms with Crippen LogP contribution in [0.1, 0.15) is 29.8 Å². The smallest absolute Gasteiger partial charge is 0.243 e. The Morgan fingerprint density at radius 2 is 1.83 bits per heavy atom. The molecule has 1 aromatic carbocycles. The monoisotopic (exact) mass is 351 g/mol. The van der Waals surface area contributed by atoms with Gasteiger partial charge in [-0.2, -0.15) is 0 Å². The fraction of sp³-hybridized carbons (Fsp3) is 0.353. The topological polar surface area (TPSA) is 46.1 Å². The van der Waals surface area contributed by atoms with Gasteiger partial charge in [0.1, 0.15) is 17.5 Å². The van der Waals surface area contributed by atoms with Crippen LogP contribution < -0.4 is 4.90 Å². The van der Waals surface area contributed by atoms with Gasteiger partial charge in [-0.1, -0.05) is 6.07 Å². The first-order valence-electron chi connectivity index (χ1n) is 7.74. The van der Waals surface area contributed by atoms with Gasteiger partial charge in [0, 0.05) is 5.56 Å². The number of halogens is 3. The lowest BCUT2D eigenvalue weighted by Crippen LogP contribution is -2.33. The van der Waals surface area contributed by atoms with Crippen molar-refractivity contribution in [1.29, 1.82) is 0 Å². The van der Waals surface area contributed by atoms with Crippen LogP contribution in [-0.2, 0) is 24.2 Å². The first-order valence-corrected chi connectivity index (χ1v) is 8.27. The number of alkyl halides is 1. The second kappa shape index (κ2) is 7.21. The molecule has 0 unspecified atom stereocenters. The highest BCUT2D eigenvalue weighted by molar-refractivity contribution is 6.29. The highest BCUT2D eigenvalue weighted by atomic mass is 35.5. The highest BCUT2D eigenvalue weighted by Gasteiger charge is 2.22. The molecule has 0 saturated carbocycles. The maximum Gasteiger partial charge on any atom is 0.243 e. The second-order valence-corrected chi connectivity index (χ2v) is 5.91. The van der Waals surface area contributed by atoms with Crippen LogP contribution in [0.2, 0.25) is 0 Å². The van der Waals surface area contributed by atoms with Crippen molar-refractivity contribution >= 4 is 23.3 Å². The number of amides is 1. The SMILES string of the molecule is O=C(CCl)N(Cc1c(F)cccc1F)c1cnc2c(n1)CCCC2. The fourth-order valence-corrected chi connectivity index (χ4v) is 2.92. The summed E-state index contributed by atoms with van der Waals surface area (Å²) >= 11 is 5.66. The van der Waals surface area contributed by atoms with E-state index >= 15 is 0 Å². The number of aromatic nitrogens is 2. The Hall–Kier alpha value is -2.08. The molecule has 0 bridgehead atoms. The van der Waals surface area contributed by atoms with Gasteiger partial charge in [-0.3, -0.25) is 14.7 Å². The first kappa shape index (κ1) is 16.8. The van der Waals surface area contributed by atoms with Gasteiger partial charge in [-0.15, -0.1) is 11.6 Å². The van der Waals surface area contributed by atoms with E-state index in [1.54, 1.807) is 0 Å². The Balaban J connectivity index is 1.97. The Bertz CT molecular complexity index is 749. The molecule has 1 amide bonds. The molecule has 0 atom stereocenters. The van der Waals surface area contributed by atoms with Crippen molar-refractivity contribution in [1.82, 2.24) is 9.97 Å². The van der Waals surface area contributed by atoms with Gasteiger partial charge in [0.25, 0.3) is 0 Å². The van der Waals surface area contributed by atoms with Crippen LogP contribution in [-0.4, -0.2) is 21.8 Å². The van der Waals surface area contributed by atoms with Gasteiger partial charge < -0.3 is 0 Å². The van der Waals surface area contributed by atoms with E-state index < -0.39 is 17.5 Å². The van der Waals surface area contributed by atoms with E-state index in [1.165, 1.54) is 17.2 Å². The number of carbonyl (C=O) groups excluding carboxylic acids is 1. The van der Waals surface area contributed by atoms with Gasteiger partial charge in [0.05, 0.1) is 24.1 Å². The van der Waals surface area contributed by atoms with Crippen LogP contribution in [0.4, 0.5) is 14.6 Å². The van der Waals surface area contributed by atoms with Crippen LogP contribution in [0.3, 0.4) is 0 Å². The number of rotatable bonds is 4. The molecule has 0 fully saturated rings. The molecule has 1 aliphatic rings. The molecule has 2 aromatic rings. The predicted octanol–water partition coefficient (Wildman–Crippen LogP) is 3.41. The molecule has 0 spiro atoms. The summed E-state index contributed by atoms with van der Waals surface area (Å²) in [6, 6.07) is 3.58. The Morgan fingerprint density at radius 1 is 1.17 bits per heavy atom. The number of fused-ring (bicyclic) bond motifs is 1. The molecule has 1 aromatic heterocycles. The van der Waals surface area contributed by atoms with Crippen LogP contribution in [0.15, 0.2) is 24.4 Å². The molecular formula is C17H16ClF2N3O. The molecule has 0 N–H and O–H groups in total. The highest BCUT2D eigenvalue weighted by Crippen LogP contribution is 2.23. The van der Waals surface area contributed by atoms with E-state index in [4.69, 9.17) is 11.6 Å². The minimum absolute atomic E-state index is 0.199. The Morgan fingerprint density at radius 3 is 2.50 bits per heavy atom. The first-order chi connectivity index (χ1) is 11.6. The number of hydrogen-bond donors (Lipinski definition) is 0. The average Bonchev–Trinajstić information content (AvgIpc) is 2.60. The molecule has 126 valence electrons. The lowest BCUT2D eigenvalue weighted by atomic mass is 10.0. The van der Waals surface area contributed by atoms with Crippen LogP contribution in [0.5, 0.6) is 0 Å². The number of hydrogen-bond acceptors (Lipinski definition) is 3. The molecule has 7 heteroatoms. The van der Waals surface area contributed by atoms with Crippen LogP contribution in [0, 0.1) is 11.6 Å². The lowest BCUT2D eigenvalue weighted by Gasteiger charge is -2.23. The number of benzene rings is 1. The van der Waals surface area contributed by atoms with Crippen molar-refractivity contribution in [2.24, 2.45) is 0 Å². The zero-order valence-electron chi connectivity index (χ0n) is 12.9. The average molecular weight is 352 g/mol. The molecule has 4 nitrogen and oxygen atoms in total. The molecule has 0 aliphatic heterocycles. The minimum Gasteiger partial charge on any atom is -0.290 e. The summed E-state index contributed by atoms with van der Waals surface area (Å²) < 4.78 is 27.8. The van der Waals surface area contributed by atoms with Gasteiger partial charge in [-0.25, -0.2) is 13.8 Å². The van der Waals surface area contributed by atoms with Crippen LogP contribution >= 0.6 is 11.6 Å². The largest absolute Gasteiger partial charge is 0.290 e. The number of nitrogens with zero attached hydrogens (tertiary/aromatic N) is 3. The van der Waals surface area contributed by atoms with E-state index in [0.717, 1.165) is 49.2 Å². The van der Waals surface area contributed by atoms with Crippen LogP contribution in [0.25, 0.3) is 0 Å². The summed E-state index contributed by atoms with van der Waals surface area (Å²) in [4.78, 5) is 22.2. The minimum atomic E-state index is -0.715. The summed E-state index contributed by atoms with van der Waals surface area (Å²) in [7, 11) is 0. The fourth-order valence-electron chi connectivity index (χ4n) is 2.78. The molecule has 1 aliphatic carbocycles. The molecule has 3 rings (SSSR count). The molecule has 24 heavy (non-hydrogen) atoms. The van der Waals surface area contributed by atoms with Crippen molar-refractivity contribution in [2.75, 3.05) is 10.8 Å². The zero-order chi connectivity index (χ0) is 17.1. The molecule has 1 heterocycles. The van der Waals surface area contributed by atoms with E-state index in [9.17, 15) is 13.6 Å². The summed E-state index contributed by atoms with van der Waals surface area (Å²) in [6.07, 6.45) is 5.18. The van der Waals surface area contributed by atoms with Crippen molar-refractivity contribution in [3.63, 3.8) is 0 Å². The summed E-state index contributed by atoms with van der Waals surface area (Å²) in [5.41, 5.74) is 1.55. The van der Waals surface area contributed by atoms with Crippen molar-refractivity contribution in [3.05, 3.63) is 53.0 Å². The molecular weight excluding hydrogens is 336 g/mol. The maximum absolute atomic E-state index is 13.9. The van der Waals surface area contributed by atoms with Gasteiger partial charge >= 0.3 is 0 Å². The number of carbonyl (C=O) groups is 1. The number of anilines is 1. The summed E-state index contributed by atoms with van der Waals surface area (Å²) in [6.45, 7) is -0.280. The third-order valence-electron chi connectivity index (χ3n) is 4.07. The van der Waals surface area contributed by atoms with Crippen molar-refractivity contribution in [2.45, 2.75) is 32.2 Å². The van der Waals surface area contributed by atoms with Gasteiger partial charge in [-0.05, 0) is 37.8 Å². The number of aryl methyl sites for hydroxylation is 2. The van der Waals surface area contributed by atoms with Crippen molar-refractivity contribution in [3.8, 4) is 0 Å². The molecule has 0 saturated heterocycles. The Kier molecular flexibility index (Phi) is 5.04. The lowest BCUT2D eigenvalue weighted by molar-refractivity contribution is -0.116. The van der Waals surface area contributed by atoms with Crippen molar-refractivity contribution < 1.29 is 13.6 Å². The van der Waals surface area contributed by atoms with Gasteiger partial charge in [0.15, 0.2) is 5.82 Å². The quantitative estimate of drug-likeness (QED) is 0.793. The van der Waals surface area contributed by atoms with E-state index in [-0.39, 0.29) is 23.8 Å². The zero-order valence-corrected chi connectivity index (χ0v) is 13.7. The second-order valence-electron chi connectivity index (χ2n) is 5.64. The predicted molar refractivity (Wildman–Crippen MR) is 86.9 cm³/mol.